The molecule has 0 heterocycles. The lowest BCUT2D eigenvalue weighted by molar-refractivity contribution is -0.136. The fraction of sp³-hybridized carbons (Fsp3) is 0.667. The summed E-state index contributed by atoms with van der Waals surface area (Å²) in [6, 6.07) is 0. The number of carbonyl (C=O) groups excluding carboxylic acids is 1. The normalized spacial score (nSPS) is 12.1. The Morgan fingerprint density at radius 3 is 2.31 bits per heavy atom. The van der Waals surface area contributed by atoms with Crippen LogP contribution in [0.15, 0.2) is 11.1 Å². The van der Waals surface area contributed by atoms with Gasteiger partial charge in [0.15, 0.2) is 0 Å². The lowest BCUT2D eigenvalue weighted by Crippen LogP contribution is -2.18. The van der Waals surface area contributed by atoms with Gasteiger partial charge in [-0.05, 0) is 13.8 Å². The number of hydrogen-bond acceptors (Lipinski definition) is 4. The van der Waals surface area contributed by atoms with E-state index in [1.54, 1.807) is 13.8 Å². The maximum Gasteiger partial charge on any atom is 0.333 e. The lowest BCUT2D eigenvalue weighted by atomic mass is 10.0. The molecule has 0 amide bonds. The molecule has 0 aromatic carbocycles. The van der Waals surface area contributed by atoms with Crippen LogP contribution in [-0.2, 0) is 9.53 Å². The summed E-state index contributed by atoms with van der Waals surface area (Å²) >= 11 is 0. The van der Waals surface area contributed by atoms with E-state index in [4.69, 9.17) is 10.2 Å². The molecule has 4 heteroatoms. The Labute approximate surface area is 77.8 Å². The van der Waals surface area contributed by atoms with Crippen molar-refractivity contribution < 1.29 is 19.7 Å². The first-order valence-electron chi connectivity index (χ1n) is 4.06. The van der Waals surface area contributed by atoms with Gasteiger partial charge in [0.25, 0.3) is 0 Å². The summed E-state index contributed by atoms with van der Waals surface area (Å²) in [5.74, 6) is -0.451. The molecule has 4 nitrogen and oxygen atoms in total. The Bertz CT molecular complexity index is 204. The second kappa shape index (κ2) is 5.72. The van der Waals surface area contributed by atoms with E-state index in [0.29, 0.717) is 5.57 Å². The molecule has 1 atom stereocenters. The van der Waals surface area contributed by atoms with Crippen LogP contribution in [0.5, 0.6) is 0 Å². The third-order valence-electron chi connectivity index (χ3n) is 1.69. The smallest absolute Gasteiger partial charge is 0.333 e. The summed E-state index contributed by atoms with van der Waals surface area (Å²) in [7, 11) is 1.29. The van der Waals surface area contributed by atoms with Crippen molar-refractivity contribution in [1.82, 2.24) is 0 Å². The van der Waals surface area contributed by atoms with Crippen LogP contribution in [0, 0.1) is 0 Å². The van der Waals surface area contributed by atoms with E-state index >= 15 is 0 Å². The van der Waals surface area contributed by atoms with Crippen LogP contribution in [0.3, 0.4) is 0 Å². The van der Waals surface area contributed by atoms with Crippen LogP contribution in [0.2, 0.25) is 0 Å². The highest BCUT2D eigenvalue weighted by Gasteiger charge is 2.15. The Kier molecular flexibility index (Phi) is 5.34. The SMILES string of the molecule is COC(=O)C(C[C@H](O)CO)=C(C)C. The molecule has 0 saturated carbocycles. The number of carbonyl (C=O) groups is 1. The van der Waals surface area contributed by atoms with E-state index in [1.807, 2.05) is 0 Å². The van der Waals surface area contributed by atoms with Crippen LogP contribution in [0.1, 0.15) is 20.3 Å². The van der Waals surface area contributed by atoms with Crippen molar-refractivity contribution in [2.24, 2.45) is 0 Å². The molecule has 0 radical (unpaired) electrons. The Hall–Kier alpha value is -0.870. The van der Waals surface area contributed by atoms with Gasteiger partial charge in [-0.25, -0.2) is 4.79 Å². The zero-order chi connectivity index (χ0) is 10.4. The molecule has 0 unspecified atom stereocenters. The van der Waals surface area contributed by atoms with Crippen molar-refractivity contribution >= 4 is 5.97 Å². The van der Waals surface area contributed by atoms with Gasteiger partial charge in [-0.2, -0.15) is 0 Å². The molecule has 0 fully saturated rings. The Morgan fingerprint density at radius 2 is 2.00 bits per heavy atom. The number of rotatable bonds is 4. The number of hydrogen-bond donors (Lipinski definition) is 2. The van der Waals surface area contributed by atoms with Gasteiger partial charge in [-0.15, -0.1) is 0 Å². The number of aliphatic hydroxyl groups is 2. The summed E-state index contributed by atoms with van der Waals surface area (Å²) in [4.78, 5) is 11.1. The van der Waals surface area contributed by atoms with Gasteiger partial charge in [0.2, 0.25) is 0 Å². The molecule has 2 N–H and O–H groups in total. The van der Waals surface area contributed by atoms with Crippen LogP contribution in [0.25, 0.3) is 0 Å². The molecule has 0 aliphatic rings. The predicted molar refractivity (Wildman–Crippen MR) is 48.1 cm³/mol. The van der Waals surface area contributed by atoms with Gasteiger partial charge in [-0.3, -0.25) is 0 Å². The molecule has 0 aromatic rings. The number of aliphatic hydroxyl groups excluding tert-OH is 2. The zero-order valence-electron chi connectivity index (χ0n) is 8.20. The van der Waals surface area contributed by atoms with Crippen molar-refractivity contribution in [2.75, 3.05) is 13.7 Å². The minimum Gasteiger partial charge on any atom is -0.466 e. The summed E-state index contributed by atoms with van der Waals surface area (Å²) in [5.41, 5.74) is 1.21. The quantitative estimate of drug-likeness (QED) is 0.490. The molecular formula is C9H16O4. The summed E-state index contributed by atoms with van der Waals surface area (Å²) < 4.78 is 4.53. The van der Waals surface area contributed by atoms with Crippen molar-refractivity contribution in [2.45, 2.75) is 26.4 Å². The molecule has 76 valence electrons. The molecular weight excluding hydrogens is 172 g/mol. The first-order chi connectivity index (χ1) is 6.02. The fourth-order valence-corrected chi connectivity index (χ4v) is 0.915. The first-order valence-corrected chi connectivity index (χ1v) is 4.06. The van der Waals surface area contributed by atoms with Gasteiger partial charge in [-0.1, -0.05) is 5.57 Å². The molecule has 0 bridgehead atoms. The highest BCUT2D eigenvalue weighted by atomic mass is 16.5. The minimum absolute atomic E-state index is 0.130. The van der Waals surface area contributed by atoms with Gasteiger partial charge in [0, 0.05) is 12.0 Å². The van der Waals surface area contributed by atoms with Crippen molar-refractivity contribution in [1.29, 1.82) is 0 Å². The predicted octanol–water partition coefficient (Wildman–Crippen LogP) is 0.239. The molecule has 0 aliphatic carbocycles. The van der Waals surface area contributed by atoms with E-state index < -0.39 is 12.1 Å². The molecule has 0 rings (SSSR count). The van der Waals surface area contributed by atoms with Crippen LogP contribution in [0.4, 0.5) is 0 Å². The van der Waals surface area contributed by atoms with Gasteiger partial charge < -0.3 is 14.9 Å². The second-order valence-corrected chi connectivity index (χ2v) is 3.01. The van der Waals surface area contributed by atoms with E-state index in [1.165, 1.54) is 7.11 Å². The van der Waals surface area contributed by atoms with Crippen LogP contribution >= 0.6 is 0 Å². The van der Waals surface area contributed by atoms with E-state index in [9.17, 15) is 4.79 Å². The minimum atomic E-state index is -0.899. The van der Waals surface area contributed by atoms with Gasteiger partial charge in [0.1, 0.15) is 0 Å². The number of methoxy groups -OCH3 is 1. The number of esters is 1. The third-order valence-corrected chi connectivity index (χ3v) is 1.69. The van der Waals surface area contributed by atoms with Crippen molar-refractivity contribution in [3.63, 3.8) is 0 Å². The first kappa shape index (κ1) is 12.1. The van der Waals surface area contributed by atoms with E-state index in [0.717, 1.165) is 5.57 Å². The lowest BCUT2D eigenvalue weighted by Gasteiger charge is -2.10. The largest absolute Gasteiger partial charge is 0.466 e. The van der Waals surface area contributed by atoms with Crippen molar-refractivity contribution in [3.05, 3.63) is 11.1 Å². The topological polar surface area (TPSA) is 66.8 Å². The highest BCUT2D eigenvalue weighted by molar-refractivity contribution is 5.89. The Morgan fingerprint density at radius 1 is 1.46 bits per heavy atom. The molecule has 0 saturated heterocycles. The van der Waals surface area contributed by atoms with E-state index in [2.05, 4.69) is 4.74 Å². The zero-order valence-corrected chi connectivity index (χ0v) is 8.20. The molecule has 13 heavy (non-hydrogen) atoms. The second-order valence-electron chi connectivity index (χ2n) is 3.01. The van der Waals surface area contributed by atoms with Crippen molar-refractivity contribution in [3.8, 4) is 0 Å². The molecule has 0 aromatic heterocycles. The fourth-order valence-electron chi connectivity index (χ4n) is 0.915. The average Bonchev–Trinajstić information content (AvgIpc) is 2.11. The average molecular weight is 188 g/mol. The van der Waals surface area contributed by atoms with Crippen LogP contribution in [-0.4, -0.2) is 36.0 Å². The summed E-state index contributed by atoms with van der Waals surface area (Å²) in [6.07, 6.45) is -0.769. The maximum atomic E-state index is 11.1. The molecule has 0 spiro atoms. The maximum absolute atomic E-state index is 11.1. The Balaban J connectivity index is 4.47. The standard InChI is InChI=1S/C9H16O4/c1-6(2)8(9(12)13-3)4-7(11)5-10/h7,10-11H,4-5H2,1-3H3/t7-/m0/s1. The van der Waals surface area contributed by atoms with Gasteiger partial charge >= 0.3 is 5.97 Å². The number of ether oxygens (including phenoxy) is 1. The number of allylic oxidation sites excluding steroid dienone is 1. The highest BCUT2D eigenvalue weighted by Crippen LogP contribution is 2.12. The van der Waals surface area contributed by atoms with Gasteiger partial charge in [0.05, 0.1) is 19.8 Å². The summed E-state index contributed by atoms with van der Waals surface area (Å²) in [6.45, 7) is 3.17. The summed E-state index contributed by atoms with van der Waals surface area (Å²) in [5, 5.41) is 17.7. The molecule has 0 aliphatic heterocycles. The van der Waals surface area contributed by atoms with Crippen LogP contribution < -0.4 is 0 Å². The third kappa shape index (κ3) is 4.05. The van der Waals surface area contributed by atoms with E-state index in [-0.39, 0.29) is 13.0 Å². The monoisotopic (exact) mass is 188 g/mol.